The molecule has 0 aromatic carbocycles. The van der Waals surface area contributed by atoms with E-state index in [0.717, 1.165) is 0 Å². The van der Waals surface area contributed by atoms with Crippen molar-refractivity contribution in [3.8, 4) is 0 Å². The molecule has 0 fully saturated rings. The van der Waals surface area contributed by atoms with Gasteiger partial charge in [-0.15, -0.1) is 0 Å². The highest BCUT2D eigenvalue weighted by molar-refractivity contribution is 5.04. The van der Waals surface area contributed by atoms with Crippen LogP contribution in [0.15, 0.2) is 0 Å². The van der Waals surface area contributed by atoms with Crippen molar-refractivity contribution in [2.75, 3.05) is 0 Å². The average molecular weight is 281 g/mol. The number of hydrogen-bond donors (Lipinski definition) is 2. The van der Waals surface area contributed by atoms with Crippen LogP contribution in [0.5, 0.6) is 0 Å². The van der Waals surface area contributed by atoms with Crippen LogP contribution >= 0.6 is 0 Å². The molecule has 0 aromatic heterocycles. The summed E-state index contributed by atoms with van der Waals surface area (Å²) in [5.74, 6) is -1.05. The van der Waals surface area contributed by atoms with Gasteiger partial charge in [0.15, 0.2) is 0 Å². The molecule has 0 heterocycles. The predicted molar refractivity (Wildman–Crippen MR) is 54.0 cm³/mol. The summed E-state index contributed by atoms with van der Waals surface area (Å²) in [4.78, 5) is 0. The Morgan fingerprint density at radius 3 is 1.33 bits per heavy atom. The summed E-state index contributed by atoms with van der Waals surface area (Å²) in [7, 11) is 0. The third kappa shape index (κ3) is 3.28. The minimum absolute atomic E-state index is 0.631. The molecule has 2 N–H and O–H groups in total. The molecule has 18 heavy (non-hydrogen) atoms. The van der Waals surface area contributed by atoms with E-state index < -0.39 is 36.0 Å². The van der Waals surface area contributed by atoms with Crippen molar-refractivity contribution in [1.82, 2.24) is 5.32 Å². The third-order valence-corrected chi connectivity index (χ3v) is 2.49. The highest BCUT2D eigenvalue weighted by atomic mass is 19.4. The van der Waals surface area contributed by atoms with Crippen LogP contribution in [0.4, 0.5) is 26.3 Å². The summed E-state index contributed by atoms with van der Waals surface area (Å²) < 4.78 is 75.9. The molecule has 0 amide bonds. The van der Waals surface area contributed by atoms with Crippen LogP contribution in [-0.2, 0) is 0 Å². The van der Waals surface area contributed by atoms with Crippen molar-refractivity contribution in [3.63, 3.8) is 0 Å². The second kappa shape index (κ2) is 5.24. The standard InChI is InChI=1S/C10H17F6NO/c1-5(2)7(17-6(3)4)8(18,9(11,12)13)10(14,15)16/h5-7,17-18H,1-4H3. The summed E-state index contributed by atoms with van der Waals surface area (Å²) in [6.45, 7) is 5.18. The van der Waals surface area contributed by atoms with Crippen molar-refractivity contribution in [1.29, 1.82) is 0 Å². The van der Waals surface area contributed by atoms with Crippen molar-refractivity contribution >= 4 is 0 Å². The maximum atomic E-state index is 12.7. The van der Waals surface area contributed by atoms with Gasteiger partial charge in [-0.05, 0) is 5.92 Å². The van der Waals surface area contributed by atoms with E-state index in [1.807, 2.05) is 0 Å². The fourth-order valence-electron chi connectivity index (χ4n) is 1.67. The van der Waals surface area contributed by atoms with E-state index in [1.165, 1.54) is 27.7 Å². The Hall–Kier alpha value is -0.500. The first-order valence-electron chi connectivity index (χ1n) is 5.37. The normalized spacial score (nSPS) is 16.5. The summed E-state index contributed by atoms with van der Waals surface area (Å²) in [6.07, 6.45) is -11.6. The second-order valence-electron chi connectivity index (χ2n) is 4.80. The van der Waals surface area contributed by atoms with Crippen molar-refractivity contribution in [3.05, 3.63) is 0 Å². The zero-order valence-corrected chi connectivity index (χ0v) is 10.4. The molecule has 0 bridgehead atoms. The van der Waals surface area contributed by atoms with Crippen molar-refractivity contribution in [2.24, 2.45) is 5.92 Å². The fourth-order valence-corrected chi connectivity index (χ4v) is 1.67. The van der Waals surface area contributed by atoms with E-state index in [9.17, 15) is 31.4 Å². The lowest BCUT2D eigenvalue weighted by molar-refractivity contribution is -0.379. The molecule has 0 spiro atoms. The first-order chi connectivity index (χ1) is 7.75. The highest BCUT2D eigenvalue weighted by Gasteiger charge is 2.74. The van der Waals surface area contributed by atoms with E-state index in [4.69, 9.17) is 0 Å². The molecule has 0 aliphatic rings. The van der Waals surface area contributed by atoms with E-state index in [0.29, 0.717) is 0 Å². The minimum Gasteiger partial charge on any atom is -0.372 e. The van der Waals surface area contributed by atoms with Crippen LogP contribution < -0.4 is 5.32 Å². The van der Waals surface area contributed by atoms with Gasteiger partial charge in [0.25, 0.3) is 5.60 Å². The molecule has 0 radical (unpaired) electrons. The Morgan fingerprint density at radius 1 is 0.833 bits per heavy atom. The van der Waals surface area contributed by atoms with Crippen LogP contribution in [-0.4, -0.2) is 35.1 Å². The van der Waals surface area contributed by atoms with E-state index in [2.05, 4.69) is 5.32 Å². The van der Waals surface area contributed by atoms with Crippen molar-refractivity contribution < 1.29 is 31.4 Å². The van der Waals surface area contributed by atoms with Gasteiger partial charge in [-0.2, -0.15) is 26.3 Å². The molecule has 0 saturated heterocycles. The molecule has 0 aromatic rings. The lowest BCUT2D eigenvalue weighted by Gasteiger charge is -2.41. The summed E-state index contributed by atoms with van der Waals surface area (Å²) in [5, 5.41) is 11.4. The smallest absolute Gasteiger partial charge is 0.372 e. The minimum atomic E-state index is -5.80. The lowest BCUT2D eigenvalue weighted by atomic mass is 9.84. The molecule has 1 unspecified atom stereocenters. The second-order valence-corrected chi connectivity index (χ2v) is 4.80. The number of alkyl halides is 6. The average Bonchev–Trinajstić information content (AvgIpc) is 2.08. The van der Waals surface area contributed by atoms with Gasteiger partial charge in [-0.3, -0.25) is 0 Å². The van der Waals surface area contributed by atoms with Gasteiger partial charge in [0.2, 0.25) is 0 Å². The first kappa shape index (κ1) is 17.5. The molecule has 8 heteroatoms. The van der Waals surface area contributed by atoms with Gasteiger partial charge in [0.05, 0.1) is 6.04 Å². The Labute approximate surface area is 101 Å². The van der Waals surface area contributed by atoms with Gasteiger partial charge in [0.1, 0.15) is 0 Å². The van der Waals surface area contributed by atoms with Gasteiger partial charge >= 0.3 is 12.4 Å². The largest absolute Gasteiger partial charge is 0.427 e. The maximum Gasteiger partial charge on any atom is 0.427 e. The molecule has 0 saturated carbocycles. The molecular formula is C10H17F6NO. The number of halogens is 6. The van der Waals surface area contributed by atoms with Gasteiger partial charge in [0, 0.05) is 6.04 Å². The van der Waals surface area contributed by atoms with Gasteiger partial charge in [-0.1, -0.05) is 27.7 Å². The molecule has 110 valence electrons. The Kier molecular flexibility index (Phi) is 5.10. The number of aliphatic hydroxyl groups is 1. The zero-order chi connectivity index (χ0) is 14.9. The quantitative estimate of drug-likeness (QED) is 0.777. The van der Waals surface area contributed by atoms with Crippen LogP contribution in [0, 0.1) is 5.92 Å². The SMILES string of the molecule is CC(C)NC(C(C)C)C(O)(C(F)(F)F)C(F)(F)F. The van der Waals surface area contributed by atoms with Gasteiger partial charge < -0.3 is 10.4 Å². The van der Waals surface area contributed by atoms with E-state index in [1.54, 1.807) is 0 Å². The van der Waals surface area contributed by atoms with Crippen LogP contribution in [0.3, 0.4) is 0 Å². The van der Waals surface area contributed by atoms with Crippen LogP contribution in [0.1, 0.15) is 27.7 Å². The fraction of sp³-hybridized carbons (Fsp3) is 1.00. The molecule has 1 atom stereocenters. The molecule has 0 aliphatic carbocycles. The Morgan fingerprint density at radius 2 is 1.17 bits per heavy atom. The predicted octanol–water partition coefficient (Wildman–Crippen LogP) is 2.86. The van der Waals surface area contributed by atoms with Crippen LogP contribution in [0.2, 0.25) is 0 Å². The van der Waals surface area contributed by atoms with Crippen molar-refractivity contribution in [2.45, 2.75) is 57.7 Å². The molecule has 0 aliphatic heterocycles. The van der Waals surface area contributed by atoms with E-state index in [-0.39, 0.29) is 0 Å². The number of rotatable bonds is 4. The van der Waals surface area contributed by atoms with Crippen LogP contribution in [0.25, 0.3) is 0 Å². The zero-order valence-electron chi connectivity index (χ0n) is 10.4. The third-order valence-electron chi connectivity index (χ3n) is 2.49. The summed E-state index contributed by atoms with van der Waals surface area (Å²) in [6, 6.07) is -2.80. The topological polar surface area (TPSA) is 32.3 Å². The number of hydrogen-bond acceptors (Lipinski definition) is 2. The monoisotopic (exact) mass is 281 g/mol. The number of nitrogens with one attached hydrogen (secondary N) is 1. The molecule has 0 rings (SSSR count). The van der Waals surface area contributed by atoms with E-state index >= 15 is 0 Å². The summed E-state index contributed by atoms with van der Waals surface area (Å²) >= 11 is 0. The summed E-state index contributed by atoms with van der Waals surface area (Å²) in [5.41, 5.74) is -4.77. The first-order valence-corrected chi connectivity index (χ1v) is 5.37. The van der Waals surface area contributed by atoms with Gasteiger partial charge in [-0.25, -0.2) is 0 Å². The Bertz CT molecular complexity index is 257. The maximum absolute atomic E-state index is 12.7. The molecule has 2 nitrogen and oxygen atoms in total. The highest BCUT2D eigenvalue weighted by Crippen LogP contribution is 2.46. The lowest BCUT2D eigenvalue weighted by Crippen LogP contribution is -2.70. The Balaban J connectivity index is 5.68. The molecular weight excluding hydrogens is 264 g/mol.